The van der Waals surface area contributed by atoms with Crippen LogP contribution in [0.5, 0.6) is 0 Å². The normalized spacial score (nSPS) is 16.3. The van der Waals surface area contributed by atoms with E-state index in [2.05, 4.69) is 0 Å². The molecule has 32 heavy (non-hydrogen) atoms. The molecule has 0 amide bonds. The maximum atomic E-state index is 13.8. The fourth-order valence-electron chi connectivity index (χ4n) is 2.23. The maximum Gasteiger partial charge on any atom is 0.460 e. The quantitative estimate of drug-likeness (QED) is 0.245. The van der Waals surface area contributed by atoms with Crippen molar-refractivity contribution in [2.45, 2.75) is 54.2 Å². The number of halogens is 16. The highest BCUT2D eigenvalue weighted by Crippen LogP contribution is 2.63. The van der Waals surface area contributed by atoms with Crippen LogP contribution in [0.15, 0.2) is 24.3 Å². The van der Waals surface area contributed by atoms with Crippen LogP contribution in [0.4, 0.5) is 65.9 Å². The number of aliphatic hydroxyl groups excluding tert-OH is 1. The number of hydrogen-bond donors (Lipinski definition) is 1. The lowest BCUT2D eigenvalue weighted by Gasteiger charge is -2.41. The molecule has 0 saturated carbocycles. The van der Waals surface area contributed by atoms with Gasteiger partial charge in [-0.25, -0.2) is 0 Å². The predicted molar refractivity (Wildman–Crippen MR) is 84.5 cm³/mol. The lowest BCUT2D eigenvalue weighted by atomic mass is 9.88. The Hall–Kier alpha value is -1.14. The van der Waals surface area contributed by atoms with E-state index >= 15 is 0 Å². The van der Waals surface area contributed by atoms with Gasteiger partial charge in [0.1, 0.15) is 0 Å². The Balaban J connectivity index is 3.47. The summed E-state index contributed by atoms with van der Waals surface area (Å²) in [7, 11) is 0. The van der Waals surface area contributed by atoms with Crippen LogP contribution >= 0.6 is 22.6 Å². The van der Waals surface area contributed by atoms with Crippen LogP contribution in [0.2, 0.25) is 0 Å². The minimum Gasteiger partial charge on any atom is -0.388 e. The van der Waals surface area contributed by atoms with Crippen LogP contribution in [0, 0.1) is 3.57 Å². The summed E-state index contributed by atoms with van der Waals surface area (Å²) in [5.41, 5.74) is -0.618. The first-order valence-corrected chi connectivity index (χ1v) is 8.74. The minimum atomic E-state index is -8.34. The third-order valence-corrected chi connectivity index (χ3v) is 5.09. The number of rotatable bonds is 8. The number of aliphatic hydroxyl groups is 1. The van der Waals surface area contributed by atoms with E-state index in [1.165, 1.54) is 28.7 Å². The van der Waals surface area contributed by atoms with Gasteiger partial charge in [0.2, 0.25) is 0 Å². The van der Waals surface area contributed by atoms with Crippen molar-refractivity contribution in [3.63, 3.8) is 0 Å². The topological polar surface area (TPSA) is 20.2 Å². The molecule has 0 fully saturated rings. The second-order valence-corrected chi connectivity index (χ2v) is 7.48. The predicted octanol–water partition coefficient (Wildman–Crippen LogP) is 7.09. The first-order chi connectivity index (χ1) is 13.9. The second-order valence-electron chi connectivity index (χ2n) is 6.32. The van der Waals surface area contributed by atoms with Crippen molar-refractivity contribution < 1.29 is 71.0 Å². The molecular formula is C15H8F15IO. The highest BCUT2D eigenvalue weighted by molar-refractivity contribution is 14.1. The van der Waals surface area contributed by atoms with Gasteiger partial charge in [-0.15, -0.1) is 0 Å². The van der Waals surface area contributed by atoms with Gasteiger partial charge in [-0.2, -0.15) is 65.9 Å². The SMILES string of the molecule is OC(CC(F)(F)C(F)(F)C(F)(F)C(F)(F)C(F)(F)C(F)(F)C(F)(F)F)c1ccccc1I. The summed E-state index contributed by atoms with van der Waals surface area (Å²) in [4.78, 5) is 0. The second kappa shape index (κ2) is 8.26. The molecule has 1 unspecified atom stereocenters. The first-order valence-electron chi connectivity index (χ1n) is 7.66. The van der Waals surface area contributed by atoms with Gasteiger partial charge in [0.15, 0.2) is 0 Å². The summed E-state index contributed by atoms with van der Waals surface area (Å²) in [6.07, 6.45) is -13.2. The van der Waals surface area contributed by atoms with Gasteiger partial charge >= 0.3 is 41.7 Å². The molecular weight excluding hydrogens is 608 g/mol. The smallest absolute Gasteiger partial charge is 0.388 e. The van der Waals surface area contributed by atoms with Gasteiger partial charge in [0.25, 0.3) is 0 Å². The van der Waals surface area contributed by atoms with Crippen molar-refractivity contribution >= 4 is 22.6 Å². The van der Waals surface area contributed by atoms with Crippen LogP contribution in [0.1, 0.15) is 18.1 Å². The van der Waals surface area contributed by atoms with E-state index in [0.29, 0.717) is 0 Å². The molecule has 0 spiro atoms. The number of alkyl halides is 15. The van der Waals surface area contributed by atoms with E-state index in [1.54, 1.807) is 0 Å². The number of benzene rings is 1. The van der Waals surface area contributed by atoms with E-state index in [1.807, 2.05) is 0 Å². The van der Waals surface area contributed by atoms with E-state index in [9.17, 15) is 71.0 Å². The fraction of sp³-hybridized carbons (Fsp3) is 0.600. The molecule has 0 aliphatic heterocycles. The molecule has 1 N–H and O–H groups in total. The van der Waals surface area contributed by atoms with Crippen molar-refractivity contribution in [3.8, 4) is 0 Å². The summed E-state index contributed by atoms with van der Waals surface area (Å²) >= 11 is 1.35. The molecule has 1 rings (SSSR count). The van der Waals surface area contributed by atoms with Crippen LogP contribution in [-0.2, 0) is 0 Å². The molecule has 0 heterocycles. The summed E-state index contributed by atoms with van der Waals surface area (Å²) < 4.78 is 197. The molecule has 0 saturated heterocycles. The molecule has 0 radical (unpaired) electrons. The average molecular weight is 616 g/mol. The standard InChI is InChI=1S/C15H8F15IO/c16-9(17,5-8(32)6-3-1-2-4-7(6)31)10(18,19)11(20,21)12(22,23)13(24,25)14(26,27)15(28,29)30/h1-4,8,32H,5H2. The van der Waals surface area contributed by atoms with Crippen LogP contribution < -0.4 is 0 Å². The molecule has 1 nitrogen and oxygen atoms in total. The van der Waals surface area contributed by atoms with Crippen LogP contribution in [0.25, 0.3) is 0 Å². The maximum absolute atomic E-state index is 13.8. The summed E-state index contributed by atoms with van der Waals surface area (Å²) in [6, 6.07) is 4.19. The van der Waals surface area contributed by atoms with Crippen molar-refractivity contribution in [1.82, 2.24) is 0 Å². The molecule has 0 aliphatic rings. The van der Waals surface area contributed by atoms with E-state index in [4.69, 9.17) is 0 Å². The molecule has 186 valence electrons. The van der Waals surface area contributed by atoms with E-state index in [0.717, 1.165) is 18.2 Å². The highest BCUT2D eigenvalue weighted by atomic mass is 127. The van der Waals surface area contributed by atoms with Gasteiger partial charge in [-0.3, -0.25) is 0 Å². The Morgan fingerprint density at radius 3 is 1.41 bits per heavy atom. The van der Waals surface area contributed by atoms with Gasteiger partial charge in [-0.1, -0.05) is 18.2 Å². The fourth-order valence-corrected chi connectivity index (χ4v) is 2.97. The average Bonchev–Trinajstić information content (AvgIpc) is 2.59. The Kier molecular flexibility index (Phi) is 7.46. The van der Waals surface area contributed by atoms with Crippen molar-refractivity contribution in [1.29, 1.82) is 0 Å². The van der Waals surface area contributed by atoms with Crippen molar-refractivity contribution in [3.05, 3.63) is 33.4 Å². The molecule has 0 aliphatic carbocycles. The van der Waals surface area contributed by atoms with E-state index < -0.39 is 59.8 Å². The lowest BCUT2D eigenvalue weighted by Crippen LogP contribution is -2.72. The van der Waals surface area contributed by atoms with E-state index in [-0.39, 0.29) is 3.57 Å². The minimum absolute atomic E-state index is 0.120. The van der Waals surface area contributed by atoms with Crippen LogP contribution in [-0.4, -0.2) is 46.8 Å². The molecule has 1 aromatic rings. The summed E-state index contributed by atoms with van der Waals surface area (Å²) in [5.74, 6) is -46.9. The Bertz CT molecular complexity index is 817. The van der Waals surface area contributed by atoms with Gasteiger partial charge in [-0.05, 0) is 34.2 Å². The third-order valence-electron chi connectivity index (χ3n) is 4.11. The Morgan fingerprint density at radius 2 is 1.00 bits per heavy atom. The molecule has 0 aromatic heterocycles. The van der Waals surface area contributed by atoms with Gasteiger partial charge in [0, 0.05) is 9.99 Å². The number of hydrogen-bond acceptors (Lipinski definition) is 1. The first kappa shape index (κ1) is 28.9. The molecule has 17 heteroatoms. The zero-order valence-electron chi connectivity index (χ0n) is 14.6. The van der Waals surface area contributed by atoms with Gasteiger partial charge in [0.05, 0.1) is 6.10 Å². The largest absolute Gasteiger partial charge is 0.460 e. The Morgan fingerprint density at radius 1 is 0.625 bits per heavy atom. The summed E-state index contributed by atoms with van der Waals surface area (Å²) in [5, 5.41) is 9.60. The monoisotopic (exact) mass is 616 g/mol. The molecule has 1 aromatic carbocycles. The lowest BCUT2D eigenvalue weighted by molar-refractivity contribution is -0.453. The zero-order chi connectivity index (χ0) is 25.8. The van der Waals surface area contributed by atoms with Crippen molar-refractivity contribution in [2.75, 3.05) is 0 Å². The summed E-state index contributed by atoms with van der Waals surface area (Å²) in [6.45, 7) is 0. The highest BCUT2D eigenvalue weighted by Gasteiger charge is 2.93. The van der Waals surface area contributed by atoms with Gasteiger partial charge < -0.3 is 5.11 Å². The Labute approximate surface area is 181 Å². The molecule has 1 atom stereocenters. The molecule has 0 bridgehead atoms. The van der Waals surface area contributed by atoms with Crippen LogP contribution in [0.3, 0.4) is 0 Å². The zero-order valence-corrected chi connectivity index (χ0v) is 16.7. The van der Waals surface area contributed by atoms with Crippen molar-refractivity contribution in [2.24, 2.45) is 0 Å². The third kappa shape index (κ3) is 4.22.